The van der Waals surface area contributed by atoms with Crippen LogP contribution >= 0.6 is 0 Å². The van der Waals surface area contributed by atoms with Crippen LogP contribution in [0.25, 0.3) is 5.69 Å². The number of rotatable bonds is 2. The van der Waals surface area contributed by atoms with Crippen LogP contribution in [0.1, 0.15) is 26.8 Å². The Morgan fingerprint density at radius 1 is 1.21 bits per heavy atom. The van der Waals surface area contributed by atoms with Crippen LogP contribution in [0.3, 0.4) is 0 Å². The van der Waals surface area contributed by atoms with Gasteiger partial charge in [-0.1, -0.05) is 12.1 Å². The molecule has 3 rings (SSSR count). The van der Waals surface area contributed by atoms with Crippen LogP contribution < -0.4 is 4.74 Å². The molecule has 0 bridgehead atoms. The Bertz CT molecular complexity index is 704. The minimum atomic E-state index is -1.38. The van der Waals surface area contributed by atoms with Crippen molar-refractivity contribution in [2.75, 3.05) is 0 Å². The molecule has 1 aromatic heterocycles. The van der Waals surface area contributed by atoms with Gasteiger partial charge in [-0.25, -0.2) is 14.6 Å². The second kappa shape index (κ2) is 3.84. The Balaban J connectivity index is 2.35. The van der Waals surface area contributed by atoms with E-state index in [2.05, 4.69) is 4.98 Å². The van der Waals surface area contributed by atoms with Crippen LogP contribution in [0.4, 0.5) is 0 Å². The molecule has 0 fully saturated rings. The minimum absolute atomic E-state index is 0.0323. The quantitative estimate of drug-likeness (QED) is 0.840. The highest BCUT2D eigenvalue weighted by Gasteiger charge is 2.31. The van der Waals surface area contributed by atoms with Gasteiger partial charge in [-0.15, -0.1) is 0 Å². The molecule has 0 amide bonds. The maximum atomic E-state index is 11.3. The maximum absolute atomic E-state index is 11.3. The number of carbonyl (C=O) groups is 2. The van der Waals surface area contributed by atoms with Crippen LogP contribution in [0.15, 0.2) is 24.3 Å². The third-order valence-corrected chi connectivity index (χ3v) is 2.81. The van der Waals surface area contributed by atoms with Gasteiger partial charge in [0.15, 0.2) is 17.2 Å². The summed E-state index contributed by atoms with van der Waals surface area (Å²) in [7, 11) is 0. The smallest absolute Gasteiger partial charge is 0.357 e. The molecule has 1 aliphatic heterocycles. The number of aromatic nitrogens is 2. The molecule has 0 spiro atoms. The Hall–Kier alpha value is -2.83. The summed E-state index contributed by atoms with van der Waals surface area (Å²) in [5.41, 5.74) is -0.373. The molecule has 2 aromatic rings. The zero-order chi connectivity index (χ0) is 13.6. The molecule has 0 radical (unpaired) electrons. The molecule has 0 saturated heterocycles. The van der Waals surface area contributed by atoms with Crippen LogP contribution in [-0.4, -0.2) is 31.7 Å². The number of imidazole rings is 1. The highest BCUT2D eigenvalue weighted by Crippen LogP contribution is 2.31. The molecule has 1 aliphatic rings. The molecule has 0 saturated carbocycles. The first-order chi connectivity index (χ1) is 9.09. The first-order valence-corrected chi connectivity index (χ1v) is 5.40. The van der Waals surface area contributed by atoms with E-state index in [1.54, 1.807) is 24.3 Å². The lowest BCUT2D eigenvalue weighted by atomic mass is 10.2. The monoisotopic (exact) mass is 260 g/mol. The number of ether oxygens (including phenoxy) is 1. The van der Waals surface area contributed by atoms with Gasteiger partial charge in [0, 0.05) is 0 Å². The summed E-state index contributed by atoms with van der Waals surface area (Å²) in [6.45, 7) is 0.0323. The standard InChI is InChI=1S/C12H8N2O5/c15-11(16)9-10(12(17)18)14-6-3-1-2-4-7(6)19-5-8(14)13-9/h1-4H,5H2,(H,15,16)(H,17,18). The van der Waals surface area contributed by atoms with Gasteiger partial charge in [-0.05, 0) is 12.1 Å². The Labute approximate surface area is 106 Å². The molecular formula is C12H8N2O5. The van der Waals surface area contributed by atoms with Crippen molar-refractivity contribution in [3.8, 4) is 11.4 Å². The summed E-state index contributed by atoms with van der Waals surface area (Å²) in [6.07, 6.45) is 0. The van der Waals surface area contributed by atoms with Crippen molar-refractivity contribution >= 4 is 11.9 Å². The fraction of sp³-hybridized carbons (Fsp3) is 0.0833. The predicted molar refractivity (Wildman–Crippen MR) is 61.8 cm³/mol. The van der Waals surface area contributed by atoms with E-state index in [0.29, 0.717) is 11.4 Å². The van der Waals surface area contributed by atoms with Gasteiger partial charge in [0.1, 0.15) is 12.4 Å². The van der Waals surface area contributed by atoms with Gasteiger partial charge in [0.25, 0.3) is 0 Å². The average molecular weight is 260 g/mol. The van der Waals surface area contributed by atoms with Crippen LogP contribution in [-0.2, 0) is 6.61 Å². The zero-order valence-electron chi connectivity index (χ0n) is 9.53. The van der Waals surface area contributed by atoms with E-state index in [1.807, 2.05) is 0 Å². The summed E-state index contributed by atoms with van der Waals surface area (Å²) in [4.78, 5) is 26.2. The van der Waals surface area contributed by atoms with Crippen LogP contribution in [0, 0.1) is 0 Å². The summed E-state index contributed by atoms with van der Waals surface area (Å²) in [6, 6.07) is 6.80. The topological polar surface area (TPSA) is 102 Å². The summed E-state index contributed by atoms with van der Waals surface area (Å²) < 4.78 is 6.72. The lowest BCUT2D eigenvalue weighted by molar-refractivity contribution is 0.0642. The molecule has 2 N–H and O–H groups in total. The first-order valence-electron chi connectivity index (χ1n) is 5.40. The molecule has 1 aromatic carbocycles. The number of carboxylic acids is 2. The molecule has 2 heterocycles. The molecule has 7 nitrogen and oxygen atoms in total. The van der Waals surface area contributed by atoms with Crippen molar-refractivity contribution < 1.29 is 24.5 Å². The van der Waals surface area contributed by atoms with Crippen molar-refractivity contribution in [1.82, 2.24) is 9.55 Å². The van der Waals surface area contributed by atoms with Gasteiger partial charge in [0.2, 0.25) is 0 Å². The Kier molecular flexibility index (Phi) is 2.28. The average Bonchev–Trinajstić information content (AvgIpc) is 2.78. The number of hydrogen-bond acceptors (Lipinski definition) is 4. The van der Waals surface area contributed by atoms with Crippen molar-refractivity contribution in [2.45, 2.75) is 6.61 Å². The third kappa shape index (κ3) is 1.55. The highest BCUT2D eigenvalue weighted by molar-refractivity contribution is 6.00. The summed E-state index contributed by atoms with van der Waals surface area (Å²) in [5.74, 6) is -1.97. The SMILES string of the molecule is O=C(O)c1nc2n(c1C(=O)O)-c1ccccc1OC2. The van der Waals surface area contributed by atoms with Crippen molar-refractivity contribution in [3.63, 3.8) is 0 Å². The highest BCUT2D eigenvalue weighted by atomic mass is 16.5. The van der Waals surface area contributed by atoms with E-state index >= 15 is 0 Å². The van der Waals surface area contributed by atoms with Gasteiger partial charge in [-0.2, -0.15) is 0 Å². The fourth-order valence-corrected chi connectivity index (χ4v) is 2.08. The number of nitrogens with zero attached hydrogens (tertiary/aromatic N) is 2. The molecule has 7 heteroatoms. The number of aromatic carboxylic acids is 2. The number of para-hydroxylation sites is 2. The molecular weight excluding hydrogens is 252 g/mol. The minimum Gasteiger partial charge on any atom is -0.483 e. The summed E-state index contributed by atoms with van der Waals surface area (Å²) in [5, 5.41) is 18.3. The molecule has 0 unspecified atom stereocenters. The molecule has 0 aliphatic carbocycles. The summed E-state index contributed by atoms with van der Waals surface area (Å²) >= 11 is 0. The van der Waals surface area contributed by atoms with Gasteiger partial charge in [-0.3, -0.25) is 4.57 Å². The van der Waals surface area contributed by atoms with Crippen molar-refractivity contribution in [2.24, 2.45) is 0 Å². The maximum Gasteiger partial charge on any atom is 0.357 e. The lowest BCUT2D eigenvalue weighted by Gasteiger charge is -2.19. The van der Waals surface area contributed by atoms with Crippen LogP contribution in [0.5, 0.6) is 5.75 Å². The van der Waals surface area contributed by atoms with Gasteiger partial charge < -0.3 is 14.9 Å². The number of hydrogen-bond donors (Lipinski definition) is 2. The number of fused-ring (bicyclic) bond motifs is 3. The van der Waals surface area contributed by atoms with E-state index < -0.39 is 17.6 Å². The lowest BCUT2D eigenvalue weighted by Crippen LogP contribution is -2.17. The van der Waals surface area contributed by atoms with Crippen LogP contribution in [0.2, 0.25) is 0 Å². The predicted octanol–water partition coefficient (Wildman–Crippen LogP) is 1.16. The van der Waals surface area contributed by atoms with Gasteiger partial charge >= 0.3 is 11.9 Å². The molecule has 0 atom stereocenters. The first kappa shape index (κ1) is 11.3. The number of benzene rings is 1. The van der Waals surface area contributed by atoms with E-state index in [0.717, 1.165) is 0 Å². The second-order valence-corrected chi connectivity index (χ2v) is 3.93. The van der Waals surface area contributed by atoms with Crippen molar-refractivity contribution in [3.05, 3.63) is 41.5 Å². The van der Waals surface area contributed by atoms with E-state index in [1.165, 1.54) is 4.57 Å². The largest absolute Gasteiger partial charge is 0.483 e. The number of carboxylic acid groups (broad SMARTS) is 2. The van der Waals surface area contributed by atoms with E-state index in [-0.39, 0.29) is 18.1 Å². The third-order valence-electron chi connectivity index (χ3n) is 2.81. The Morgan fingerprint density at radius 3 is 2.63 bits per heavy atom. The molecule has 19 heavy (non-hydrogen) atoms. The fourth-order valence-electron chi connectivity index (χ4n) is 2.08. The normalized spacial score (nSPS) is 12.2. The Morgan fingerprint density at radius 2 is 1.95 bits per heavy atom. The van der Waals surface area contributed by atoms with E-state index in [9.17, 15) is 14.7 Å². The zero-order valence-corrected chi connectivity index (χ0v) is 9.53. The van der Waals surface area contributed by atoms with Gasteiger partial charge in [0.05, 0.1) is 5.69 Å². The second-order valence-electron chi connectivity index (χ2n) is 3.93. The van der Waals surface area contributed by atoms with Crippen molar-refractivity contribution in [1.29, 1.82) is 0 Å². The molecule has 96 valence electrons. The van der Waals surface area contributed by atoms with E-state index in [4.69, 9.17) is 9.84 Å².